The van der Waals surface area contributed by atoms with E-state index in [0.29, 0.717) is 11.5 Å². The number of amides is 2. The Labute approximate surface area is 167 Å². The number of carbonyl (C=O) groups is 4. The first-order valence-electron chi connectivity index (χ1n) is 10.3. The predicted octanol–water partition coefficient (Wildman–Crippen LogP) is 4.03. The molecule has 1 rings (SSSR count). The molecule has 0 radical (unpaired) electrons. The fraction of sp³-hybridized carbons (Fsp3) is 0.636. The van der Waals surface area contributed by atoms with E-state index < -0.39 is 17.8 Å². The lowest BCUT2D eigenvalue weighted by atomic mass is 10.1. The summed E-state index contributed by atoms with van der Waals surface area (Å²) < 4.78 is 0. The molecule has 28 heavy (non-hydrogen) atoms. The standard InChI is InChI=1S/C22H31NO5/c1-2-3-4-5-6-7-8-9-10-11-12-13-14-19(24)15-18-22(27)28-23-20(25)16-17-21(23)26/h9-10H,2-8,11-14,16-17H2,1H3/b10-9+. The molecule has 2 amide bonds. The maximum atomic E-state index is 11.6. The first-order chi connectivity index (χ1) is 13.5. The Balaban J connectivity index is 2.05. The molecular weight excluding hydrogens is 358 g/mol. The first-order valence-corrected chi connectivity index (χ1v) is 10.3. The summed E-state index contributed by atoms with van der Waals surface area (Å²) in [5.41, 5.74) is 0. The molecule has 6 heteroatoms. The van der Waals surface area contributed by atoms with Crippen LogP contribution in [0.15, 0.2) is 12.2 Å². The quantitative estimate of drug-likeness (QED) is 0.156. The van der Waals surface area contributed by atoms with E-state index in [2.05, 4.69) is 29.8 Å². The molecule has 0 aromatic heterocycles. The van der Waals surface area contributed by atoms with Crippen LogP contribution in [0.1, 0.15) is 90.4 Å². The molecule has 0 unspecified atom stereocenters. The largest absolute Gasteiger partial charge is 0.409 e. The van der Waals surface area contributed by atoms with Crippen molar-refractivity contribution in [3.63, 3.8) is 0 Å². The molecule has 1 saturated heterocycles. The van der Waals surface area contributed by atoms with Crippen molar-refractivity contribution in [3.8, 4) is 11.8 Å². The monoisotopic (exact) mass is 389 g/mol. The molecule has 0 aromatic rings. The minimum absolute atomic E-state index is 0.0197. The summed E-state index contributed by atoms with van der Waals surface area (Å²) in [6.45, 7) is 2.22. The van der Waals surface area contributed by atoms with Crippen LogP contribution in [0.2, 0.25) is 0 Å². The summed E-state index contributed by atoms with van der Waals surface area (Å²) >= 11 is 0. The average Bonchev–Trinajstić information content (AvgIpc) is 2.99. The van der Waals surface area contributed by atoms with Crippen molar-refractivity contribution in [2.45, 2.75) is 90.4 Å². The highest BCUT2D eigenvalue weighted by atomic mass is 16.7. The lowest BCUT2D eigenvalue weighted by molar-refractivity contribution is -0.193. The van der Waals surface area contributed by atoms with Crippen LogP contribution in [-0.2, 0) is 24.0 Å². The molecule has 1 aliphatic heterocycles. The average molecular weight is 389 g/mol. The molecule has 1 aliphatic rings. The van der Waals surface area contributed by atoms with Crippen LogP contribution in [0.4, 0.5) is 0 Å². The highest BCUT2D eigenvalue weighted by molar-refractivity contribution is 6.04. The number of nitrogens with zero attached hydrogens (tertiary/aromatic N) is 1. The summed E-state index contributed by atoms with van der Waals surface area (Å²) in [6.07, 6.45) is 16.1. The summed E-state index contributed by atoms with van der Waals surface area (Å²) in [5, 5.41) is 0.416. The van der Waals surface area contributed by atoms with Crippen LogP contribution in [0.5, 0.6) is 0 Å². The van der Waals surface area contributed by atoms with Gasteiger partial charge in [0, 0.05) is 25.2 Å². The Bertz CT molecular complexity index is 611. The Morgan fingerprint density at radius 1 is 0.893 bits per heavy atom. The number of imide groups is 1. The van der Waals surface area contributed by atoms with Gasteiger partial charge in [0.1, 0.15) is 0 Å². The molecule has 6 nitrogen and oxygen atoms in total. The Kier molecular flexibility index (Phi) is 12.3. The van der Waals surface area contributed by atoms with E-state index in [1.54, 1.807) is 0 Å². The number of unbranched alkanes of at least 4 members (excludes halogenated alkanes) is 8. The summed E-state index contributed by atoms with van der Waals surface area (Å²) in [5.74, 6) is 1.64. The van der Waals surface area contributed by atoms with Gasteiger partial charge in [0.2, 0.25) is 5.78 Å². The normalized spacial score (nSPS) is 13.7. The van der Waals surface area contributed by atoms with Crippen molar-refractivity contribution in [1.82, 2.24) is 5.06 Å². The SMILES string of the molecule is CCCCCCCC/C=C/CCCCC(=O)C#CC(=O)ON1C(=O)CCC1=O. The molecular formula is C22H31NO5. The van der Waals surface area contributed by atoms with Crippen LogP contribution < -0.4 is 0 Å². The van der Waals surface area contributed by atoms with Crippen LogP contribution in [0, 0.1) is 11.8 Å². The van der Waals surface area contributed by atoms with Crippen molar-refractivity contribution >= 4 is 23.6 Å². The van der Waals surface area contributed by atoms with Crippen LogP contribution in [0.3, 0.4) is 0 Å². The minimum Gasteiger partial charge on any atom is -0.318 e. The summed E-state index contributed by atoms with van der Waals surface area (Å²) in [4.78, 5) is 50.3. The number of ketones is 1. The fourth-order valence-corrected chi connectivity index (χ4v) is 2.77. The zero-order chi connectivity index (χ0) is 20.6. The molecule has 0 bridgehead atoms. The first kappa shape index (κ1) is 23.6. The molecule has 0 aromatic carbocycles. The fourth-order valence-electron chi connectivity index (χ4n) is 2.77. The number of hydrogen-bond donors (Lipinski definition) is 0. The van der Waals surface area contributed by atoms with Crippen molar-refractivity contribution < 1.29 is 24.0 Å². The maximum Gasteiger partial charge on any atom is 0.409 e. The van der Waals surface area contributed by atoms with Gasteiger partial charge in [-0.05, 0) is 38.0 Å². The highest BCUT2D eigenvalue weighted by Gasteiger charge is 2.32. The van der Waals surface area contributed by atoms with Gasteiger partial charge >= 0.3 is 5.97 Å². The summed E-state index contributed by atoms with van der Waals surface area (Å²) in [6, 6.07) is 0. The van der Waals surface area contributed by atoms with Crippen LogP contribution >= 0.6 is 0 Å². The van der Waals surface area contributed by atoms with E-state index >= 15 is 0 Å². The van der Waals surface area contributed by atoms with E-state index in [1.807, 2.05) is 5.92 Å². The van der Waals surface area contributed by atoms with Gasteiger partial charge in [0.25, 0.3) is 11.8 Å². The number of hydrogen-bond acceptors (Lipinski definition) is 5. The van der Waals surface area contributed by atoms with Gasteiger partial charge in [-0.1, -0.05) is 51.2 Å². The van der Waals surface area contributed by atoms with E-state index in [0.717, 1.165) is 19.3 Å². The Morgan fingerprint density at radius 2 is 1.46 bits per heavy atom. The topological polar surface area (TPSA) is 80.8 Å². The summed E-state index contributed by atoms with van der Waals surface area (Å²) in [7, 11) is 0. The molecule has 1 heterocycles. The Morgan fingerprint density at radius 3 is 2.11 bits per heavy atom. The molecule has 0 saturated carbocycles. The molecule has 0 spiro atoms. The predicted molar refractivity (Wildman–Crippen MR) is 106 cm³/mol. The second-order valence-corrected chi connectivity index (χ2v) is 6.91. The number of Topliss-reactive ketones (excluding diaryl/α,β-unsaturated/α-hetero) is 1. The van der Waals surface area contributed by atoms with Crippen molar-refractivity contribution in [2.24, 2.45) is 0 Å². The van der Waals surface area contributed by atoms with Crippen molar-refractivity contribution in [3.05, 3.63) is 12.2 Å². The smallest absolute Gasteiger partial charge is 0.318 e. The number of carbonyl (C=O) groups excluding carboxylic acids is 4. The van der Waals surface area contributed by atoms with E-state index in [9.17, 15) is 19.2 Å². The number of rotatable bonds is 13. The number of allylic oxidation sites excluding steroid dienone is 2. The molecule has 0 atom stereocenters. The van der Waals surface area contributed by atoms with Gasteiger partial charge in [0.05, 0.1) is 0 Å². The lowest BCUT2D eigenvalue weighted by Crippen LogP contribution is -2.31. The van der Waals surface area contributed by atoms with E-state index in [1.165, 1.54) is 38.5 Å². The minimum atomic E-state index is -1.07. The Hall–Kier alpha value is -2.42. The van der Waals surface area contributed by atoms with Gasteiger partial charge in [0.15, 0.2) is 0 Å². The van der Waals surface area contributed by atoms with Gasteiger partial charge in [-0.2, -0.15) is 0 Å². The highest BCUT2D eigenvalue weighted by Crippen LogP contribution is 2.12. The second kappa shape index (κ2) is 14.6. The van der Waals surface area contributed by atoms with Crippen molar-refractivity contribution in [1.29, 1.82) is 0 Å². The zero-order valence-corrected chi connectivity index (χ0v) is 16.8. The van der Waals surface area contributed by atoms with Gasteiger partial charge in [-0.15, -0.1) is 5.06 Å². The second-order valence-electron chi connectivity index (χ2n) is 6.91. The third-order valence-electron chi connectivity index (χ3n) is 4.40. The van der Waals surface area contributed by atoms with E-state index in [-0.39, 0.29) is 25.0 Å². The molecule has 0 aliphatic carbocycles. The van der Waals surface area contributed by atoms with Gasteiger partial charge in [-0.3, -0.25) is 14.4 Å². The molecule has 0 N–H and O–H groups in total. The van der Waals surface area contributed by atoms with Crippen molar-refractivity contribution in [2.75, 3.05) is 0 Å². The third kappa shape index (κ3) is 10.7. The third-order valence-corrected chi connectivity index (χ3v) is 4.40. The number of hydroxylamine groups is 2. The van der Waals surface area contributed by atoms with Crippen LogP contribution in [0.25, 0.3) is 0 Å². The van der Waals surface area contributed by atoms with Gasteiger partial charge in [-0.25, -0.2) is 4.79 Å². The van der Waals surface area contributed by atoms with Crippen LogP contribution in [-0.4, -0.2) is 28.6 Å². The maximum absolute atomic E-state index is 11.6. The molecule has 1 fully saturated rings. The van der Waals surface area contributed by atoms with Gasteiger partial charge < -0.3 is 4.84 Å². The molecule has 154 valence electrons. The lowest BCUT2D eigenvalue weighted by Gasteiger charge is -2.09. The van der Waals surface area contributed by atoms with E-state index in [4.69, 9.17) is 0 Å². The zero-order valence-electron chi connectivity index (χ0n) is 16.8.